The summed E-state index contributed by atoms with van der Waals surface area (Å²) >= 11 is 0. The molecule has 0 amide bonds. The molecular weight excluding hydrogens is 268 g/mol. The van der Waals surface area contributed by atoms with Gasteiger partial charge in [0.1, 0.15) is 0 Å². The van der Waals surface area contributed by atoms with Crippen LogP contribution in [-0.2, 0) is 19.4 Å². The van der Waals surface area contributed by atoms with E-state index in [1.165, 1.54) is 47.9 Å². The van der Waals surface area contributed by atoms with E-state index < -0.39 is 0 Å². The van der Waals surface area contributed by atoms with Crippen molar-refractivity contribution in [3.63, 3.8) is 0 Å². The Morgan fingerprint density at radius 2 is 1.82 bits per heavy atom. The number of hydrogen-bond donors (Lipinski definition) is 1. The van der Waals surface area contributed by atoms with Crippen molar-refractivity contribution in [3.05, 3.63) is 52.7 Å². The van der Waals surface area contributed by atoms with E-state index in [-0.39, 0.29) is 0 Å². The van der Waals surface area contributed by atoms with Crippen LogP contribution >= 0.6 is 0 Å². The SMILES string of the molecule is Cc1nc(-c2ccc3c(c2)CCCC3)ccc1CNC(C)C. The highest BCUT2D eigenvalue weighted by atomic mass is 14.9. The monoisotopic (exact) mass is 294 g/mol. The molecule has 1 aromatic carbocycles. The highest BCUT2D eigenvalue weighted by Crippen LogP contribution is 2.27. The lowest BCUT2D eigenvalue weighted by atomic mass is 9.90. The second-order valence-electron chi connectivity index (χ2n) is 6.67. The maximum atomic E-state index is 4.83. The van der Waals surface area contributed by atoms with Gasteiger partial charge in [0.15, 0.2) is 0 Å². The quantitative estimate of drug-likeness (QED) is 0.902. The van der Waals surface area contributed by atoms with E-state index in [0.717, 1.165) is 17.9 Å². The highest BCUT2D eigenvalue weighted by molar-refractivity contribution is 5.62. The molecule has 3 rings (SSSR count). The lowest BCUT2D eigenvalue weighted by Crippen LogP contribution is -2.22. The van der Waals surface area contributed by atoms with Crippen molar-refractivity contribution in [1.82, 2.24) is 10.3 Å². The Hall–Kier alpha value is -1.67. The smallest absolute Gasteiger partial charge is 0.0705 e. The summed E-state index contributed by atoms with van der Waals surface area (Å²) in [6.07, 6.45) is 5.12. The van der Waals surface area contributed by atoms with Crippen LogP contribution in [0, 0.1) is 6.92 Å². The van der Waals surface area contributed by atoms with E-state index in [1.807, 2.05) is 0 Å². The highest BCUT2D eigenvalue weighted by Gasteiger charge is 2.11. The van der Waals surface area contributed by atoms with Crippen molar-refractivity contribution in [2.75, 3.05) is 0 Å². The van der Waals surface area contributed by atoms with Gasteiger partial charge in [-0.05, 0) is 61.4 Å². The van der Waals surface area contributed by atoms with E-state index in [2.05, 4.69) is 56.4 Å². The molecule has 1 aromatic heterocycles. The Morgan fingerprint density at radius 1 is 1.05 bits per heavy atom. The fraction of sp³-hybridized carbons (Fsp3) is 0.450. The molecule has 0 radical (unpaired) electrons. The number of benzene rings is 1. The Labute approximate surface area is 134 Å². The summed E-state index contributed by atoms with van der Waals surface area (Å²) in [4.78, 5) is 4.83. The summed E-state index contributed by atoms with van der Waals surface area (Å²) in [7, 11) is 0. The minimum Gasteiger partial charge on any atom is -0.310 e. The maximum absolute atomic E-state index is 4.83. The molecule has 0 aliphatic heterocycles. The van der Waals surface area contributed by atoms with Crippen molar-refractivity contribution in [3.8, 4) is 11.3 Å². The lowest BCUT2D eigenvalue weighted by molar-refractivity contribution is 0.586. The van der Waals surface area contributed by atoms with Crippen LogP contribution in [0.1, 0.15) is 49.1 Å². The zero-order chi connectivity index (χ0) is 15.5. The summed E-state index contributed by atoms with van der Waals surface area (Å²) in [5, 5.41) is 3.46. The molecule has 1 N–H and O–H groups in total. The van der Waals surface area contributed by atoms with Gasteiger partial charge in [-0.3, -0.25) is 4.98 Å². The van der Waals surface area contributed by atoms with E-state index in [4.69, 9.17) is 4.98 Å². The molecule has 116 valence electrons. The van der Waals surface area contributed by atoms with Gasteiger partial charge in [0.2, 0.25) is 0 Å². The molecule has 1 aliphatic rings. The number of nitrogens with one attached hydrogen (secondary N) is 1. The Balaban J connectivity index is 1.84. The largest absolute Gasteiger partial charge is 0.310 e. The molecular formula is C20H26N2. The van der Waals surface area contributed by atoms with Crippen LogP contribution in [0.2, 0.25) is 0 Å². The molecule has 1 heterocycles. The third-order valence-corrected chi connectivity index (χ3v) is 4.54. The Bertz CT molecular complexity index is 659. The number of fused-ring (bicyclic) bond motifs is 1. The summed E-state index contributed by atoms with van der Waals surface area (Å²) < 4.78 is 0. The van der Waals surface area contributed by atoms with Crippen LogP contribution in [0.25, 0.3) is 11.3 Å². The first-order valence-electron chi connectivity index (χ1n) is 8.45. The third kappa shape index (κ3) is 3.38. The molecule has 0 saturated carbocycles. The van der Waals surface area contributed by atoms with Crippen LogP contribution in [0.15, 0.2) is 30.3 Å². The second-order valence-corrected chi connectivity index (χ2v) is 6.67. The first kappa shape index (κ1) is 15.2. The van der Waals surface area contributed by atoms with Crippen molar-refractivity contribution in [2.45, 2.75) is 59.0 Å². The van der Waals surface area contributed by atoms with Gasteiger partial charge < -0.3 is 5.32 Å². The predicted octanol–water partition coefficient (Wildman–Crippen LogP) is 4.43. The van der Waals surface area contributed by atoms with E-state index in [1.54, 1.807) is 0 Å². The normalized spacial score (nSPS) is 14.2. The average Bonchev–Trinajstić information content (AvgIpc) is 2.53. The predicted molar refractivity (Wildman–Crippen MR) is 93.0 cm³/mol. The van der Waals surface area contributed by atoms with Gasteiger partial charge in [0.25, 0.3) is 0 Å². The molecule has 2 nitrogen and oxygen atoms in total. The number of hydrogen-bond acceptors (Lipinski definition) is 2. The van der Waals surface area contributed by atoms with E-state index in [0.29, 0.717) is 6.04 Å². The summed E-state index contributed by atoms with van der Waals surface area (Å²) in [5.41, 5.74) is 7.82. The Kier molecular flexibility index (Phi) is 4.58. The number of nitrogens with zero attached hydrogens (tertiary/aromatic N) is 1. The zero-order valence-electron chi connectivity index (χ0n) is 13.9. The molecule has 1 aliphatic carbocycles. The first-order chi connectivity index (χ1) is 10.6. The fourth-order valence-corrected chi connectivity index (χ4v) is 3.14. The number of aryl methyl sites for hydroxylation is 3. The lowest BCUT2D eigenvalue weighted by Gasteiger charge is -2.17. The van der Waals surface area contributed by atoms with Crippen molar-refractivity contribution < 1.29 is 0 Å². The standard InChI is InChI=1S/C20H26N2/c1-14(2)21-13-19-10-11-20(22-15(19)3)18-9-8-16-6-4-5-7-17(16)12-18/h8-12,14,21H,4-7,13H2,1-3H3. The molecule has 0 atom stereocenters. The Morgan fingerprint density at radius 3 is 2.55 bits per heavy atom. The first-order valence-corrected chi connectivity index (χ1v) is 8.45. The number of aromatic nitrogens is 1. The van der Waals surface area contributed by atoms with Gasteiger partial charge in [-0.25, -0.2) is 0 Å². The molecule has 2 heteroatoms. The van der Waals surface area contributed by atoms with Crippen LogP contribution in [0.3, 0.4) is 0 Å². The molecule has 0 spiro atoms. The fourth-order valence-electron chi connectivity index (χ4n) is 3.14. The molecule has 22 heavy (non-hydrogen) atoms. The third-order valence-electron chi connectivity index (χ3n) is 4.54. The van der Waals surface area contributed by atoms with Gasteiger partial charge in [0, 0.05) is 23.8 Å². The summed E-state index contributed by atoms with van der Waals surface area (Å²) in [6.45, 7) is 7.34. The molecule has 0 bridgehead atoms. The van der Waals surface area contributed by atoms with Crippen LogP contribution in [0.5, 0.6) is 0 Å². The zero-order valence-corrected chi connectivity index (χ0v) is 13.9. The number of rotatable bonds is 4. The van der Waals surface area contributed by atoms with Gasteiger partial charge in [-0.15, -0.1) is 0 Å². The van der Waals surface area contributed by atoms with Crippen molar-refractivity contribution in [1.29, 1.82) is 0 Å². The average molecular weight is 294 g/mol. The molecule has 2 aromatic rings. The van der Waals surface area contributed by atoms with Crippen LogP contribution < -0.4 is 5.32 Å². The van der Waals surface area contributed by atoms with Gasteiger partial charge >= 0.3 is 0 Å². The van der Waals surface area contributed by atoms with E-state index in [9.17, 15) is 0 Å². The maximum Gasteiger partial charge on any atom is 0.0705 e. The second kappa shape index (κ2) is 6.62. The molecule has 0 saturated heterocycles. The molecule has 0 unspecified atom stereocenters. The minimum atomic E-state index is 0.500. The van der Waals surface area contributed by atoms with E-state index >= 15 is 0 Å². The van der Waals surface area contributed by atoms with Gasteiger partial charge in [-0.1, -0.05) is 32.0 Å². The number of pyridine rings is 1. The summed E-state index contributed by atoms with van der Waals surface area (Å²) in [5.74, 6) is 0. The molecule has 0 fully saturated rings. The topological polar surface area (TPSA) is 24.9 Å². The van der Waals surface area contributed by atoms with Crippen LogP contribution in [-0.4, -0.2) is 11.0 Å². The van der Waals surface area contributed by atoms with Crippen LogP contribution in [0.4, 0.5) is 0 Å². The van der Waals surface area contributed by atoms with Gasteiger partial charge in [0.05, 0.1) is 5.69 Å². The minimum absolute atomic E-state index is 0.500. The van der Waals surface area contributed by atoms with Gasteiger partial charge in [-0.2, -0.15) is 0 Å². The van der Waals surface area contributed by atoms with Crippen molar-refractivity contribution in [2.24, 2.45) is 0 Å². The van der Waals surface area contributed by atoms with Crippen molar-refractivity contribution >= 4 is 0 Å². The summed E-state index contributed by atoms with van der Waals surface area (Å²) in [6, 6.07) is 11.8.